The highest BCUT2D eigenvalue weighted by molar-refractivity contribution is 5.60. The lowest BCUT2D eigenvalue weighted by Crippen LogP contribution is -2.12. The van der Waals surface area contributed by atoms with E-state index >= 15 is 0 Å². The van der Waals surface area contributed by atoms with E-state index in [0.29, 0.717) is 17.7 Å². The fourth-order valence-electron chi connectivity index (χ4n) is 2.50. The van der Waals surface area contributed by atoms with E-state index in [1.807, 2.05) is 25.1 Å². The maximum Gasteiger partial charge on any atom is 0.258 e. The third-order valence-corrected chi connectivity index (χ3v) is 3.83. The number of hydrogen-bond donors (Lipinski definition) is 0. The molecule has 0 saturated carbocycles. The Balaban J connectivity index is 1.86. The fraction of sp³-hybridized carbons (Fsp3) is 0.333. The first-order valence-corrected chi connectivity index (χ1v) is 8.02. The molecule has 0 fully saturated rings. The molecule has 3 rings (SSSR count). The Hall–Kier alpha value is -2.76. The van der Waals surface area contributed by atoms with Gasteiger partial charge in [-0.15, -0.1) is 0 Å². The number of anilines is 1. The molecule has 24 heavy (non-hydrogen) atoms. The van der Waals surface area contributed by atoms with E-state index in [1.165, 1.54) is 11.1 Å². The molecule has 0 atom stereocenters. The maximum atomic E-state index is 5.41. The molecule has 3 aromatic rings. The summed E-state index contributed by atoms with van der Waals surface area (Å²) in [4.78, 5) is 14.9. The van der Waals surface area contributed by atoms with E-state index in [1.54, 1.807) is 12.4 Å². The number of benzene rings is 1. The Morgan fingerprint density at radius 2 is 1.83 bits per heavy atom. The fourth-order valence-corrected chi connectivity index (χ4v) is 2.50. The molecule has 0 unspecified atom stereocenters. The van der Waals surface area contributed by atoms with Crippen LogP contribution in [0.15, 0.2) is 35.1 Å². The molecule has 0 bridgehead atoms. The van der Waals surface area contributed by atoms with E-state index < -0.39 is 0 Å². The van der Waals surface area contributed by atoms with Gasteiger partial charge in [0.2, 0.25) is 11.8 Å². The number of aryl methyl sites for hydroxylation is 2. The predicted octanol–water partition coefficient (Wildman–Crippen LogP) is 3.52. The second-order valence-corrected chi connectivity index (χ2v) is 5.98. The second-order valence-electron chi connectivity index (χ2n) is 5.98. The molecular weight excluding hydrogens is 302 g/mol. The van der Waals surface area contributed by atoms with E-state index in [4.69, 9.17) is 4.52 Å². The van der Waals surface area contributed by atoms with Crippen LogP contribution in [0.4, 0.5) is 5.95 Å². The standard InChI is InChI=1S/C18H21N5O/c1-5-6-13-7-8-14(9-12(13)2)17-21-16(22-24-17)15-10-19-18(20-11-15)23(3)4/h7-11H,5-6H2,1-4H3. The van der Waals surface area contributed by atoms with Gasteiger partial charge in [-0.3, -0.25) is 0 Å². The van der Waals surface area contributed by atoms with E-state index in [-0.39, 0.29) is 0 Å². The van der Waals surface area contributed by atoms with Crippen molar-refractivity contribution in [2.24, 2.45) is 0 Å². The number of rotatable bonds is 5. The van der Waals surface area contributed by atoms with Crippen LogP contribution in [0.2, 0.25) is 0 Å². The Kier molecular flexibility index (Phi) is 4.55. The Morgan fingerprint density at radius 1 is 1.08 bits per heavy atom. The minimum atomic E-state index is 0.491. The molecule has 0 aliphatic heterocycles. The predicted molar refractivity (Wildman–Crippen MR) is 93.8 cm³/mol. The number of nitrogens with zero attached hydrogens (tertiary/aromatic N) is 5. The summed E-state index contributed by atoms with van der Waals surface area (Å²) < 4.78 is 5.41. The quantitative estimate of drug-likeness (QED) is 0.715. The minimum absolute atomic E-state index is 0.491. The van der Waals surface area contributed by atoms with Crippen LogP contribution in [-0.2, 0) is 6.42 Å². The van der Waals surface area contributed by atoms with Crippen molar-refractivity contribution in [1.29, 1.82) is 0 Å². The first-order chi connectivity index (χ1) is 11.6. The van der Waals surface area contributed by atoms with Crippen molar-refractivity contribution in [1.82, 2.24) is 20.1 Å². The lowest BCUT2D eigenvalue weighted by atomic mass is 10.0. The minimum Gasteiger partial charge on any atom is -0.347 e. The zero-order valence-corrected chi connectivity index (χ0v) is 14.4. The van der Waals surface area contributed by atoms with Crippen LogP contribution in [0, 0.1) is 6.92 Å². The molecule has 2 heterocycles. The van der Waals surface area contributed by atoms with Crippen molar-refractivity contribution in [2.45, 2.75) is 26.7 Å². The Labute approximate surface area is 141 Å². The van der Waals surface area contributed by atoms with Gasteiger partial charge in [0.15, 0.2) is 0 Å². The van der Waals surface area contributed by atoms with Gasteiger partial charge in [-0.2, -0.15) is 4.98 Å². The summed E-state index contributed by atoms with van der Waals surface area (Å²) in [6, 6.07) is 6.25. The molecule has 0 spiro atoms. The van der Waals surface area contributed by atoms with Crippen LogP contribution in [0.5, 0.6) is 0 Å². The maximum absolute atomic E-state index is 5.41. The normalized spacial score (nSPS) is 10.8. The molecule has 6 nitrogen and oxygen atoms in total. The van der Waals surface area contributed by atoms with E-state index in [0.717, 1.165) is 24.0 Å². The molecule has 1 aromatic carbocycles. The van der Waals surface area contributed by atoms with Crippen LogP contribution in [-0.4, -0.2) is 34.2 Å². The summed E-state index contributed by atoms with van der Waals surface area (Å²) in [5.74, 6) is 1.64. The first kappa shape index (κ1) is 16.1. The third-order valence-electron chi connectivity index (χ3n) is 3.83. The largest absolute Gasteiger partial charge is 0.347 e. The van der Waals surface area contributed by atoms with Crippen LogP contribution in [0.3, 0.4) is 0 Å². The van der Waals surface area contributed by atoms with E-state index in [2.05, 4.69) is 46.1 Å². The Bertz CT molecular complexity index is 824. The monoisotopic (exact) mass is 323 g/mol. The molecule has 0 amide bonds. The average molecular weight is 323 g/mol. The van der Waals surface area contributed by atoms with Gasteiger partial charge in [-0.05, 0) is 36.6 Å². The first-order valence-electron chi connectivity index (χ1n) is 8.02. The van der Waals surface area contributed by atoms with E-state index in [9.17, 15) is 0 Å². The van der Waals surface area contributed by atoms with Gasteiger partial charge < -0.3 is 9.42 Å². The van der Waals surface area contributed by atoms with Gasteiger partial charge >= 0.3 is 0 Å². The van der Waals surface area contributed by atoms with Crippen LogP contribution >= 0.6 is 0 Å². The van der Waals surface area contributed by atoms with Crippen molar-refractivity contribution >= 4 is 5.95 Å². The number of aromatic nitrogens is 4. The summed E-state index contributed by atoms with van der Waals surface area (Å²) in [6.07, 6.45) is 5.61. The van der Waals surface area contributed by atoms with Crippen molar-refractivity contribution in [3.8, 4) is 22.8 Å². The Morgan fingerprint density at radius 3 is 2.46 bits per heavy atom. The molecule has 124 valence electrons. The molecule has 0 radical (unpaired) electrons. The van der Waals surface area contributed by atoms with Gasteiger partial charge in [0.05, 0.1) is 5.56 Å². The van der Waals surface area contributed by atoms with Gasteiger partial charge in [-0.1, -0.05) is 24.6 Å². The molecular formula is C18H21N5O. The van der Waals surface area contributed by atoms with Crippen LogP contribution in [0.1, 0.15) is 24.5 Å². The summed E-state index contributed by atoms with van der Waals surface area (Å²) in [5.41, 5.74) is 4.26. The van der Waals surface area contributed by atoms with Crippen LogP contribution < -0.4 is 4.90 Å². The van der Waals surface area contributed by atoms with Gasteiger partial charge in [-0.25, -0.2) is 9.97 Å². The van der Waals surface area contributed by atoms with Crippen molar-refractivity contribution in [3.63, 3.8) is 0 Å². The highest BCUT2D eigenvalue weighted by Crippen LogP contribution is 2.24. The molecule has 0 saturated heterocycles. The zero-order valence-electron chi connectivity index (χ0n) is 14.4. The van der Waals surface area contributed by atoms with Gasteiger partial charge in [0.1, 0.15) is 0 Å². The lowest BCUT2D eigenvalue weighted by molar-refractivity contribution is 0.432. The third kappa shape index (κ3) is 3.27. The summed E-state index contributed by atoms with van der Waals surface area (Å²) in [7, 11) is 3.79. The van der Waals surface area contributed by atoms with Gasteiger partial charge in [0.25, 0.3) is 5.89 Å². The number of hydrogen-bond acceptors (Lipinski definition) is 6. The second kappa shape index (κ2) is 6.78. The molecule has 0 aliphatic rings. The topological polar surface area (TPSA) is 67.9 Å². The van der Waals surface area contributed by atoms with Crippen molar-refractivity contribution in [3.05, 3.63) is 41.7 Å². The average Bonchev–Trinajstić information content (AvgIpc) is 3.07. The molecule has 0 aliphatic carbocycles. The van der Waals surface area contributed by atoms with Crippen molar-refractivity contribution < 1.29 is 4.52 Å². The van der Waals surface area contributed by atoms with Crippen LogP contribution in [0.25, 0.3) is 22.8 Å². The summed E-state index contributed by atoms with van der Waals surface area (Å²) in [5, 5.41) is 4.05. The summed E-state index contributed by atoms with van der Waals surface area (Å²) >= 11 is 0. The lowest BCUT2D eigenvalue weighted by Gasteiger charge is -2.08. The zero-order chi connectivity index (χ0) is 17.1. The van der Waals surface area contributed by atoms with Gasteiger partial charge in [0, 0.05) is 32.1 Å². The highest BCUT2D eigenvalue weighted by atomic mass is 16.5. The highest BCUT2D eigenvalue weighted by Gasteiger charge is 2.12. The smallest absolute Gasteiger partial charge is 0.258 e. The SMILES string of the molecule is CCCc1ccc(-c2nc(-c3cnc(N(C)C)nc3)no2)cc1C. The molecule has 0 N–H and O–H groups in total. The molecule has 6 heteroatoms. The summed E-state index contributed by atoms with van der Waals surface area (Å²) in [6.45, 7) is 4.29. The van der Waals surface area contributed by atoms with Crippen molar-refractivity contribution in [2.75, 3.05) is 19.0 Å². The molecule has 2 aromatic heterocycles.